The predicted molar refractivity (Wildman–Crippen MR) is 65.0 cm³/mol. The molecule has 116 valence electrons. The Bertz CT molecular complexity index is 469. The van der Waals surface area contributed by atoms with Gasteiger partial charge in [0.2, 0.25) is 0 Å². The fourth-order valence-electron chi connectivity index (χ4n) is 1.95. The third-order valence-corrected chi connectivity index (χ3v) is 4.27. The molecule has 0 bridgehead atoms. The number of rotatable bonds is 5. The first-order chi connectivity index (χ1) is 9.20. The number of esters is 2. The van der Waals surface area contributed by atoms with Crippen LogP contribution in [0.3, 0.4) is 0 Å². The Labute approximate surface area is 116 Å². The van der Waals surface area contributed by atoms with Crippen molar-refractivity contribution in [2.45, 2.75) is 49.6 Å². The smallest absolute Gasteiger partial charge is 0.363 e. The first-order valence-corrected chi connectivity index (χ1v) is 7.58. The van der Waals surface area contributed by atoms with Crippen LogP contribution < -0.4 is 0 Å². The Balaban J connectivity index is 2.87. The van der Waals surface area contributed by atoms with Gasteiger partial charge in [0, 0.05) is 0 Å². The highest BCUT2D eigenvalue weighted by Crippen LogP contribution is 2.29. The molecule has 0 aromatic heterocycles. The summed E-state index contributed by atoms with van der Waals surface area (Å²) in [5, 5.41) is -3.84. The number of hydrogen-bond acceptors (Lipinski definition) is 6. The Morgan fingerprint density at radius 1 is 1.30 bits per heavy atom. The van der Waals surface area contributed by atoms with Crippen molar-refractivity contribution in [2.24, 2.45) is 0 Å². The minimum atomic E-state index is -5.46. The van der Waals surface area contributed by atoms with E-state index >= 15 is 0 Å². The van der Waals surface area contributed by atoms with Crippen LogP contribution in [0.2, 0.25) is 0 Å². The second-order valence-electron chi connectivity index (χ2n) is 4.62. The molecule has 1 fully saturated rings. The van der Waals surface area contributed by atoms with Gasteiger partial charge in [-0.05, 0) is 25.7 Å². The summed E-state index contributed by atoms with van der Waals surface area (Å²) in [7, 11) is -4.56. The zero-order valence-corrected chi connectivity index (χ0v) is 11.8. The first kappa shape index (κ1) is 16.8. The summed E-state index contributed by atoms with van der Waals surface area (Å²) in [4.78, 5) is 22.7. The van der Waals surface area contributed by atoms with E-state index in [4.69, 9.17) is 9.29 Å². The predicted octanol–water partition coefficient (Wildman–Crippen LogP) is 0.979. The summed E-state index contributed by atoms with van der Waals surface area (Å²) >= 11 is 0. The molecule has 1 aliphatic carbocycles. The Morgan fingerprint density at radius 2 is 1.85 bits per heavy atom. The number of hydrogen-bond donors (Lipinski definition) is 1. The zero-order chi connectivity index (χ0) is 15.4. The molecule has 1 rings (SSSR count). The van der Waals surface area contributed by atoms with Crippen molar-refractivity contribution in [1.29, 1.82) is 0 Å². The third kappa shape index (κ3) is 3.89. The normalized spacial score (nSPS) is 19.9. The highest BCUT2D eigenvalue weighted by Gasteiger charge is 2.55. The van der Waals surface area contributed by atoms with E-state index < -0.39 is 39.6 Å². The number of alkyl halides is 1. The Hall–Kier alpha value is -1.22. The van der Waals surface area contributed by atoms with E-state index in [1.165, 1.54) is 0 Å². The Kier molecular flexibility index (Phi) is 5.46. The van der Waals surface area contributed by atoms with E-state index in [1.54, 1.807) is 0 Å². The molecule has 9 heteroatoms. The van der Waals surface area contributed by atoms with Gasteiger partial charge in [-0.3, -0.25) is 9.35 Å². The fourth-order valence-corrected chi connectivity index (χ4v) is 2.51. The number of halogens is 1. The van der Waals surface area contributed by atoms with Crippen molar-refractivity contribution < 1.29 is 36.4 Å². The lowest BCUT2D eigenvalue weighted by atomic mass is 9.98. The molecule has 20 heavy (non-hydrogen) atoms. The van der Waals surface area contributed by atoms with Gasteiger partial charge in [0.25, 0.3) is 0 Å². The molecule has 1 N–H and O–H groups in total. The average molecular weight is 312 g/mol. The van der Waals surface area contributed by atoms with Gasteiger partial charge < -0.3 is 9.47 Å². The average Bonchev–Trinajstić information content (AvgIpc) is 2.38. The summed E-state index contributed by atoms with van der Waals surface area (Å²) in [5.41, 5.74) is 0. The molecular formula is C11H17FO7S. The molecule has 0 amide bonds. The molecule has 1 saturated carbocycles. The van der Waals surface area contributed by atoms with Crippen molar-refractivity contribution in [2.75, 3.05) is 7.11 Å². The molecule has 0 aliphatic heterocycles. The monoisotopic (exact) mass is 312 g/mol. The third-order valence-electron chi connectivity index (χ3n) is 3.14. The van der Waals surface area contributed by atoms with E-state index in [0.29, 0.717) is 12.8 Å². The molecule has 0 spiro atoms. The van der Waals surface area contributed by atoms with Gasteiger partial charge >= 0.3 is 27.1 Å². The molecule has 0 radical (unpaired) electrons. The van der Waals surface area contributed by atoms with Crippen molar-refractivity contribution >= 4 is 22.1 Å². The fraction of sp³-hybridized carbons (Fsp3) is 0.818. The largest absolute Gasteiger partial charge is 0.469 e. The zero-order valence-electron chi connectivity index (χ0n) is 11.0. The van der Waals surface area contributed by atoms with Crippen molar-refractivity contribution in [1.82, 2.24) is 0 Å². The molecule has 0 saturated heterocycles. The maximum atomic E-state index is 14.3. The summed E-state index contributed by atoms with van der Waals surface area (Å²) < 4.78 is 54.1. The van der Waals surface area contributed by atoms with Crippen LogP contribution in [0.5, 0.6) is 0 Å². The van der Waals surface area contributed by atoms with Crippen LogP contribution >= 0.6 is 0 Å². The van der Waals surface area contributed by atoms with Crippen LogP contribution in [-0.2, 0) is 29.2 Å². The van der Waals surface area contributed by atoms with Crippen molar-refractivity contribution in [3.05, 3.63) is 0 Å². The summed E-state index contributed by atoms with van der Waals surface area (Å²) in [6, 6.07) is 0. The van der Waals surface area contributed by atoms with Crippen molar-refractivity contribution in [3.63, 3.8) is 0 Å². The molecule has 0 aromatic rings. The molecule has 0 heterocycles. The van der Waals surface area contributed by atoms with E-state index in [0.717, 1.165) is 26.4 Å². The maximum absolute atomic E-state index is 14.3. The van der Waals surface area contributed by atoms with Crippen LogP contribution in [0, 0.1) is 0 Å². The van der Waals surface area contributed by atoms with E-state index in [2.05, 4.69) is 4.74 Å². The minimum Gasteiger partial charge on any atom is -0.469 e. The summed E-state index contributed by atoms with van der Waals surface area (Å²) in [5.74, 6) is -3.07. The lowest BCUT2D eigenvalue weighted by Gasteiger charge is -2.26. The van der Waals surface area contributed by atoms with E-state index in [9.17, 15) is 22.4 Å². The van der Waals surface area contributed by atoms with Gasteiger partial charge in [-0.1, -0.05) is 6.42 Å². The quantitative estimate of drug-likeness (QED) is 0.595. The van der Waals surface area contributed by atoms with Crippen LogP contribution in [0.1, 0.15) is 38.5 Å². The van der Waals surface area contributed by atoms with Crippen LogP contribution in [0.25, 0.3) is 0 Å². The van der Waals surface area contributed by atoms with Gasteiger partial charge in [0.15, 0.2) is 0 Å². The molecule has 1 atom stereocenters. The van der Waals surface area contributed by atoms with E-state index in [-0.39, 0.29) is 0 Å². The van der Waals surface area contributed by atoms with Gasteiger partial charge in [-0.25, -0.2) is 9.18 Å². The summed E-state index contributed by atoms with van der Waals surface area (Å²) in [6.45, 7) is 0. The second kappa shape index (κ2) is 6.49. The first-order valence-electron chi connectivity index (χ1n) is 6.14. The Morgan fingerprint density at radius 3 is 2.30 bits per heavy atom. The summed E-state index contributed by atoms with van der Waals surface area (Å²) in [6.07, 6.45) is 1.44. The number of ether oxygens (including phenoxy) is 2. The van der Waals surface area contributed by atoms with Gasteiger partial charge in [0.05, 0.1) is 7.11 Å². The highest BCUT2D eigenvalue weighted by molar-refractivity contribution is 7.87. The van der Waals surface area contributed by atoms with Crippen LogP contribution in [0.15, 0.2) is 0 Å². The van der Waals surface area contributed by atoms with Crippen LogP contribution in [-0.4, -0.2) is 43.1 Å². The number of carbonyl (C=O) groups is 2. The molecular weight excluding hydrogens is 295 g/mol. The standard InChI is InChI=1S/C11H17FO7S/c1-18-9(13)7-11(12,20(15,16)17)10(14)19-8-5-3-2-4-6-8/h8H,2-7H2,1H3,(H,15,16,17). The molecule has 0 aromatic carbocycles. The number of carbonyl (C=O) groups excluding carboxylic acids is 2. The topological polar surface area (TPSA) is 107 Å². The molecule has 1 unspecified atom stereocenters. The maximum Gasteiger partial charge on any atom is 0.363 e. The molecule has 7 nitrogen and oxygen atoms in total. The number of methoxy groups -OCH3 is 1. The van der Waals surface area contributed by atoms with Gasteiger partial charge in [-0.2, -0.15) is 8.42 Å². The van der Waals surface area contributed by atoms with Crippen molar-refractivity contribution in [3.8, 4) is 0 Å². The SMILES string of the molecule is COC(=O)CC(F)(C(=O)OC1CCCCC1)S(=O)(=O)O. The van der Waals surface area contributed by atoms with Gasteiger partial charge in [0.1, 0.15) is 12.5 Å². The minimum absolute atomic E-state index is 0.492. The van der Waals surface area contributed by atoms with Gasteiger partial charge in [-0.15, -0.1) is 0 Å². The molecule has 1 aliphatic rings. The van der Waals surface area contributed by atoms with Crippen LogP contribution in [0.4, 0.5) is 4.39 Å². The lowest BCUT2D eigenvalue weighted by molar-refractivity contribution is -0.163. The highest BCUT2D eigenvalue weighted by atomic mass is 32.2. The van der Waals surface area contributed by atoms with E-state index in [1.807, 2.05) is 0 Å². The lowest BCUT2D eigenvalue weighted by Crippen LogP contribution is -2.46. The second-order valence-corrected chi connectivity index (χ2v) is 6.22.